The van der Waals surface area contributed by atoms with Gasteiger partial charge < -0.3 is 4.74 Å². The molecule has 4 aromatic rings. The van der Waals surface area contributed by atoms with Crippen molar-refractivity contribution in [3.8, 4) is 5.75 Å². The van der Waals surface area contributed by atoms with Crippen LogP contribution in [0.5, 0.6) is 5.75 Å². The fraction of sp³-hybridized carbons (Fsp3) is 0.0357. The number of ether oxygens (including phenoxy) is 1. The maximum Gasteiger partial charge on any atom is 0.343 e. The number of esters is 1. The number of amides is 2. The Morgan fingerprint density at radius 1 is 0.853 bits per heavy atom. The molecule has 1 saturated heterocycles. The number of hydrogen-bond donors (Lipinski definition) is 0. The van der Waals surface area contributed by atoms with E-state index in [0.717, 1.165) is 28.1 Å². The zero-order valence-electron chi connectivity index (χ0n) is 18.0. The van der Waals surface area contributed by atoms with Gasteiger partial charge in [-0.25, -0.2) is 4.79 Å². The fourth-order valence-corrected chi connectivity index (χ4v) is 4.63. The lowest BCUT2D eigenvalue weighted by atomic mass is 10.0. The third-order valence-corrected chi connectivity index (χ3v) is 6.37. The van der Waals surface area contributed by atoms with Crippen LogP contribution in [-0.2, 0) is 11.3 Å². The zero-order valence-corrected chi connectivity index (χ0v) is 18.8. The highest BCUT2D eigenvalue weighted by atomic mass is 32.2. The van der Waals surface area contributed by atoms with Gasteiger partial charge in [-0.1, -0.05) is 72.8 Å². The summed E-state index contributed by atoms with van der Waals surface area (Å²) in [5.74, 6) is -0.444. The van der Waals surface area contributed by atoms with Crippen LogP contribution in [0.15, 0.2) is 102 Å². The van der Waals surface area contributed by atoms with Crippen LogP contribution in [0.4, 0.5) is 4.79 Å². The SMILES string of the molecule is O=C(Oc1cccc(/C=C2\SC(=O)N(Cc3cccc4ccccc34)C2=O)c1)c1ccccc1. The molecule has 1 aliphatic heterocycles. The molecule has 0 spiro atoms. The summed E-state index contributed by atoms with van der Waals surface area (Å²) in [5, 5.41) is 1.76. The number of nitrogens with zero attached hydrogens (tertiary/aromatic N) is 1. The average Bonchev–Trinajstić information content (AvgIpc) is 3.12. The van der Waals surface area contributed by atoms with Crippen LogP contribution in [-0.4, -0.2) is 22.0 Å². The van der Waals surface area contributed by atoms with E-state index < -0.39 is 5.97 Å². The van der Waals surface area contributed by atoms with Crippen molar-refractivity contribution in [2.45, 2.75) is 6.54 Å². The second-order valence-corrected chi connectivity index (χ2v) is 8.73. The molecule has 0 atom stereocenters. The Labute approximate surface area is 200 Å². The summed E-state index contributed by atoms with van der Waals surface area (Å²) in [6.45, 7) is 0.206. The summed E-state index contributed by atoms with van der Waals surface area (Å²) >= 11 is 0.909. The Morgan fingerprint density at radius 3 is 2.44 bits per heavy atom. The van der Waals surface area contributed by atoms with Crippen LogP contribution in [0, 0.1) is 0 Å². The smallest absolute Gasteiger partial charge is 0.343 e. The molecule has 0 unspecified atom stereocenters. The van der Waals surface area contributed by atoms with Gasteiger partial charge >= 0.3 is 5.97 Å². The molecule has 1 heterocycles. The van der Waals surface area contributed by atoms with Crippen molar-refractivity contribution >= 4 is 45.7 Å². The van der Waals surface area contributed by atoms with Crippen LogP contribution in [0.25, 0.3) is 16.8 Å². The van der Waals surface area contributed by atoms with Gasteiger partial charge in [0.15, 0.2) is 0 Å². The molecule has 1 aliphatic rings. The normalized spacial score (nSPS) is 14.7. The monoisotopic (exact) mass is 465 g/mol. The molecular formula is C28H19NO4S. The fourth-order valence-electron chi connectivity index (χ4n) is 3.80. The van der Waals surface area contributed by atoms with E-state index in [-0.39, 0.29) is 17.7 Å². The van der Waals surface area contributed by atoms with Crippen molar-refractivity contribution in [2.75, 3.05) is 0 Å². The zero-order chi connectivity index (χ0) is 23.5. The highest BCUT2D eigenvalue weighted by molar-refractivity contribution is 8.18. The van der Waals surface area contributed by atoms with Crippen LogP contribution < -0.4 is 4.74 Å². The van der Waals surface area contributed by atoms with Gasteiger partial charge in [-0.3, -0.25) is 14.5 Å². The summed E-state index contributed by atoms with van der Waals surface area (Å²) < 4.78 is 5.46. The molecule has 5 rings (SSSR count). The van der Waals surface area contributed by atoms with Gasteiger partial charge in [0.1, 0.15) is 5.75 Å². The van der Waals surface area contributed by atoms with Crippen LogP contribution >= 0.6 is 11.8 Å². The first-order valence-electron chi connectivity index (χ1n) is 10.7. The van der Waals surface area contributed by atoms with Crippen molar-refractivity contribution in [2.24, 2.45) is 0 Å². The Bertz CT molecular complexity index is 1440. The molecule has 34 heavy (non-hydrogen) atoms. The number of rotatable bonds is 5. The standard InChI is InChI=1S/C28H19NO4S/c30-26-25(17-19-8-6-14-23(16-19)33-27(31)21-10-2-1-3-11-21)34-28(32)29(26)18-22-13-7-12-20-9-4-5-15-24(20)22/h1-17H,18H2/b25-17-. The van der Waals surface area contributed by atoms with Crippen LogP contribution in [0.1, 0.15) is 21.5 Å². The van der Waals surface area contributed by atoms with Gasteiger partial charge in [-0.05, 0) is 64.0 Å². The molecule has 4 aromatic carbocycles. The van der Waals surface area contributed by atoms with Crippen molar-refractivity contribution < 1.29 is 19.1 Å². The highest BCUT2D eigenvalue weighted by Crippen LogP contribution is 2.34. The third kappa shape index (κ3) is 4.49. The quantitative estimate of drug-likeness (QED) is 0.197. The summed E-state index contributed by atoms with van der Waals surface area (Å²) in [4.78, 5) is 39.6. The number of benzene rings is 4. The molecule has 0 aliphatic carbocycles. The largest absolute Gasteiger partial charge is 0.423 e. The second kappa shape index (κ2) is 9.37. The third-order valence-electron chi connectivity index (χ3n) is 5.46. The van der Waals surface area contributed by atoms with E-state index in [1.54, 1.807) is 54.6 Å². The summed E-state index contributed by atoms with van der Waals surface area (Å²) in [7, 11) is 0. The average molecular weight is 466 g/mol. The second-order valence-electron chi connectivity index (χ2n) is 7.73. The molecule has 6 heteroatoms. The molecule has 0 saturated carbocycles. The van der Waals surface area contributed by atoms with E-state index in [1.807, 2.05) is 48.5 Å². The van der Waals surface area contributed by atoms with Gasteiger partial charge in [-0.2, -0.15) is 0 Å². The molecule has 0 aromatic heterocycles. The lowest BCUT2D eigenvalue weighted by Gasteiger charge is -2.14. The Morgan fingerprint density at radius 2 is 1.59 bits per heavy atom. The van der Waals surface area contributed by atoms with E-state index in [4.69, 9.17) is 4.74 Å². The number of thioether (sulfide) groups is 1. The van der Waals surface area contributed by atoms with Crippen molar-refractivity contribution in [3.05, 3.63) is 119 Å². The van der Waals surface area contributed by atoms with Crippen molar-refractivity contribution in [1.29, 1.82) is 0 Å². The van der Waals surface area contributed by atoms with E-state index in [9.17, 15) is 14.4 Å². The lowest BCUT2D eigenvalue weighted by Crippen LogP contribution is -2.27. The number of hydrogen-bond acceptors (Lipinski definition) is 5. The van der Waals surface area contributed by atoms with E-state index in [1.165, 1.54) is 4.90 Å². The summed E-state index contributed by atoms with van der Waals surface area (Å²) in [5.41, 5.74) is 2.02. The van der Waals surface area contributed by atoms with Crippen molar-refractivity contribution in [3.63, 3.8) is 0 Å². The molecule has 1 fully saturated rings. The highest BCUT2D eigenvalue weighted by Gasteiger charge is 2.35. The maximum atomic E-state index is 13.0. The van der Waals surface area contributed by atoms with Gasteiger partial charge in [-0.15, -0.1) is 0 Å². The minimum absolute atomic E-state index is 0.206. The molecule has 166 valence electrons. The van der Waals surface area contributed by atoms with Gasteiger partial charge in [0.05, 0.1) is 17.0 Å². The van der Waals surface area contributed by atoms with Crippen molar-refractivity contribution in [1.82, 2.24) is 4.90 Å². The topological polar surface area (TPSA) is 63.7 Å². The molecule has 2 amide bonds. The number of imide groups is 1. The van der Waals surface area contributed by atoms with Gasteiger partial charge in [0, 0.05) is 0 Å². The number of fused-ring (bicyclic) bond motifs is 1. The first kappa shape index (κ1) is 21.7. The van der Waals surface area contributed by atoms with E-state index in [2.05, 4.69) is 0 Å². The molecule has 0 radical (unpaired) electrons. The first-order valence-corrected chi connectivity index (χ1v) is 11.5. The lowest BCUT2D eigenvalue weighted by molar-refractivity contribution is -0.123. The number of carbonyl (C=O) groups excluding carboxylic acids is 3. The minimum Gasteiger partial charge on any atom is -0.423 e. The molecule has 0 N–H and O–H groups in total. The van der Waals surface area contributed by atoms with Gasteiger partial charge in [0.2, 0.25) is 0 Å². The summed E-state index contributed by atoms with van der Waals surface area (Å²) in [6, 6.07) is 29.3. The Kier molecular flexibility index (Phi) is 5.97. The van der Waals surface area contributed by atoms with Gasteiger partial charge in [0.25, 0.3) is 11.1 Å². The Hall–Kier alpha value is -4.16. The minimum atomic E-state index is -0.465. The Balaban J connectivity index is 1.35. The molecular weight excluding hydrogens is 446 g/mol. The predicted octanol–water partition coefficient (Wildman–Crippen LogP) is 6.30. The van der Waals surface area contributed by atoms with E-state index in [0.29, 0.717) is 21.8 Å². The summed E-state index contributed by atoms with van der Waals surface area (Å²) in [6.07, 6.45) is 1.65. The first-order chi connectivity index (χ1) is 16.6. The molecule has 5 nitrogen and oxygen atoms in total. The predicted molar refractivity (Wildman–Crippen MR) is 133 cm³/mol. The maximum absolute atomic E-state index is 13.0. The van der Waals surface area contributed by atoms with Crippen LogP contribution in [0.2, 0.25) is 0 Å². The van der Waals surface area contributed by atoms with Crippen LogP contribution in [0.3, 0.4) is 0 Å². The van der Waals surface area contributed by atoms with E-state index >= 15 is 0 Å². The molecule has 0 bridgehead atoms. The number of carbonyl (C=O) groups is 3.